The summed E-state index contributed by atoms with van der Waals surface area (Å²) in [5.74, 6) is 0.922. The van der Waals surface area contributed by atoms with E-state index in [-0.39, 0.29) is 5.91 Å². The third-order valence-electron chi connectivity index (χ3n) is 4.01. The van der Waals surface area contributed by atoms with Crippen LogP contribution in [0.5, 0.6) is 0 Å². The van der Waals surface area contributed by atoms with Crippen molar-refractivity contribution in [3.8, 4) is 11.3 Å². The maximum Gasteiger partial charge on any atom is 0.259 e. The SMILES string of the molecule is CCc1ccccc1NC(=O)c1cc(-c2ccc(Cl)c(Cl)c2)oc1C. The van der Waals surface area contributed by atoms with Gasteiger partial charge < -0.3 is 9.73 Å². The molecule has 0 radical (unpaired) electrons. The van der Waals surface area contributed by atoms with Gasteiger partial charge in [-0.2, -0.15) is 0 Å². The molecule has 0 spiro atoms. The molecular weight excluding hydrogens is 357 g/mol. The van der Waals surface area contributed by atoms with Gasteiger partial charge in [-0.05, 0) is 49.2 Å². The van der Waals surface area contributed by atoms with Gasteiger partial charge >= 0.3 is 0 Å². The van der Waals surface area contributed by atoms with Crippen LogP contribution in [-0.2, 0) is 6.42 Å². The third kappa shape index (κ3) is 3.73. The molecule has 1 aromatic heterocycles. The maximum absolute atomic E-state index is 12.7. The first kappa shape index (κ1) is 17.6. The van der Waals surface area contributed by atoms with Crippen LogP contribution >= 0.6 is 23.2 Å². The highest BCUT2D eigenvalue weighted by Gasteiger charge is 2.17. The van der Waals surface area contributed by atoms with E-state index in [2.05, 4.69) is 12.2 Å². The summed E-state index contributed by atoms with van der Waals surface area (Å²) in [5.41, 5.74) is 3.16. The van der Waals surface area contributed by atoms with Gasteiger partial charge in [-0.1, -0.05) is 48.3 Å². The van der Waals surface area contributed by atoms with E-state index in [1.54, 1.807) is 31.2 Å². The van der Waals surface area contributed by atoms with Crippen LogP contribution in [0.1, 0.15) is 28.6 Å². The molecule has 0 atom stereocenters. The van der Waals surface area contributed by atoms with Gasteiger partial charge in [0.05, 0.1) is 15.6 Å². The summed E-state index contributed by atoms with van der Waals surface area (Å²) in [5, 5.41) is 3.87. The summed E-state index contributed by atoms with van der Waals surface area (Å²) in [7, 11) is 0. The third-order valence-corrected chi connectivity index (χ3v) is 4.75. The number of furan rings is 1. The summed E-state index contributed by atoms with van der Waals surface area (Å²) in [4.78, 5) is 12.7. The van der Waals surface area contributed by atoms with Gasteiger partial charge in [-0.3, -0.25) is 4.79 Å². The van der Waals surface area contributed by atoms with Crippen molar-refractivity contribution in [1.29, 1.82) is 0 Å². The largest absolute Gasteiger partial charge is 0.461 e. The lowest BCUT2D eigenvalue weighted by molar-refractivity contribution is 0.102. The molecule has 1 N–H and O–H groups in total. The lowest BCUT2D eigenvalue weighted by atomic mass is 10.1. The van der Waals surface area contributed by atoms with Gasteiger partial charge in [0, 0.05) is 11.3 Å². The molecule has 5 heteroatoms. The van der Waals surface area contributed by atoms with E-state index in [4.69, 9.17) is 27.6 Å². The molecule has 0 fully saturated rings. The normalized spacial score (nSPS) is 10.7. The van der Waals surface area contributed by atoms with Gasteiger partial charge in [-0.25, -0.2) is 0 Å². The van der Waals surface area contributed by atoms with Gasteiger partial charge in [-0.15, -0.1) is 0 Å². The zero-order chi connectivity index (χ0) is 18.0. The van der Waals surface area contributed by atoms with Crippen molar-refractivity contribution in [2.45, 2.75) is 20.3 Å². The highest BCUT2D eigenvalue weighted by molar-refractivity contribution is 6.42. The number of para-hydroxylation sites is 1. The Balaban J connectivity index is 1.89. The molecule has 0 saturated heterocycles. The summed E-state index contributed by atoms with van der Waals surface area (Å²) < 4.78 is 5.75. The van der Waals surface area contributed by atoms with Gasteiger partial charge in [0.25, 0.3) is 5.91 Å². The number of hydrogen-bond acceptors (Lipinski definition) is 2. The van der Waals surface area contributed by atoms with E-state index >= 15 is 0 Å². The number of aryl methyl sites for hydroxylation is 2. The van der Waals surface area contributed by atoms with Crippen LogP contribution in [0.25, 0.3) is 11.3 Å². The average molecular weight is 374 g/mol. The topological polar surface area (TPSA) is 42.2 Å². The molecule has 0 unspecified atom stereocenters. The van der Waals surface area contributed by atoms with Gasteiger partial charge in [0.1, 0.15) is 11.5 Å². The monoisotopic (exact) mass is 373 g/mol. The maximum atomic E-state index is 12.7. The Labute approximate surface area is 156 Å². The standard InChI is InChI=1S/C20H17Cl2NO2/c1-3-13-6-4-5-7-18(13)23-20(24)15-11-19(25-12(15)2)14-8-9-16(21)17(22)10-14/h4-11H,3H2,1-2H3,(H,23,24). The van der Waals surface area contributed by atoms with E-state index in [9.17, 15) is 4.79 Å². The van der Waals surface area contributed by atoms with E-state index in [1.807, 2.05) is 24.3 Å². The molecule has 2 aromatic carbocycles. The minimum Gasteiger partial charge on any atom is -0.461 e. The van der Waals surface area contributed by atoms with Crippen LogP contribution in [0.2, 0.25) is 10.0 Å². The number of amides is 1. The first-order valence-electron chi connectivity index (χ1n) is 7.94. The number of rotatable bonds is 4. The summed E-state index contributed by atoms with van der Waals surface area (Å²) in [6.07, 6.45) is 0.843. The highest BCUT2D eigenvalue weighted by atomic mass is 35.5. The first-order valence-corrected chi connectivity index (χ1v) is 8.70. The smallest absolute Gasteiger partial charge is 0.259 e. The number of carbonyl (C=O) groups is 1. The molecule has 3 rings (SSSR count). The number of hydrogen-bond donors (Lipinski definition) is 1. The summed E-state index contributed by atoms with van der Waals surface area (Å²) >= 11 is 12.0. The highest BCUT2D eigenvalue weighted by Crippen LogP contribution is 2.31. The molecule has 25 heavy (non-hydrogen) atoms. The Bertz CT molecular complexity index is 931. The summed E-state index contributed by atoms with van der Waals surface area (Å²) in [6, 6.07) is 14.7. The summed E-state index contributed by atoms with van der Waals surface area (Å²) in [6.45, 7) is 3.82. The second-order valence-electron chi connectivity index (χ2n) is 5.67. The fourth-order valence-corrected chi connectivity index (χ4v) is 2.94. The number of anilines is 1. The van der Waals surface area contributed by atoms with Crippen LogP contribution in [0.3, 0.4) is 0 Å². The minimum atomic E-state index is -0.200. The van der Waals surface area contributed by atoms with Crippen molar-refractivity contribution in [3.05, 3.63) is 75.5 Å². The predicted molar refractivity (Wildman–Crippen MR) is 103 cm³/mol. The van der Waals surface area contributed by atoms with Crippen molar-refractivity contribution in [3.63, 3.8) is 0 Å². The van der Waals surface area contributed by atoms with Crippen molar-refractivity contribution in [2.75, 3.05) is 5.32 Å². The van der Waals surface area contributed by atoms with Crippen molar-refractivity contribution < 1.29 is 9.21 Å². The number of carbonyl (C=O) groups excluding carboxylic acids is 1. The molecular formula is C20H17Cl2NO2. The van der Waals surface area contributed by atoms with Crippen molar-refractivity contribution >= 4 is 34.8 Å². The Kier molecular flexibility index (Phi) is 5.16. The molecule has 1 amide bonds. The Hall–Kier alpha value is -2.23. The predicted octanol–water partition coefficient (Wildman–Crippen LogP) is 6.38. The fourth-order valence-electron chi connectivity index (χ4n) is 2.64. The molecule has 0 aliphatic rings. The zero-order valence-electron chi connectivity index (χ0n) is 13.9. The molecule has 0 saturated carbocycles. The molecule has 1 heterocycles. The minimum absolute atomic E-state index is 0.200. The van der Waals surface area contributed by atoms with Crippen molar-refractivity contribution in [1.82, 2.24) is 0 Å². The van der Waals surface area contributed by atoms with Crippen LogP contribution in [0.4, 0.5) is 5.69 Å². The zero-order valence-corrected chi connectivity index (χ0v) is 15.4. The molecule has 3 aromatic rings. The molecule has 3 nitrogen and oxygen atoms in total. The Morgan fingerprint density at radius 1 is 1.08 bits per heavy atom. The first-order chi connectivity index (χ1) is 12.0. The molecule has 0 aliphatic heterocycles. The van der Waals surface area contributed by atoms with Gasteiger partial charge in [0.2, 0.25) is 0 Å². The van der Waals surface area contributed by atoms with E-state index in [1.165, 1.54) is 0 Å². The second-order valence-corrected chi connectivity index (χ2v) is 6.49. The van der Waals surface area contributed by atoms with Crippen molar-refractivity contribution in [2.24, 2.45) is 0 Å². The van der Waals surface area contributed by atoms with Gasteiger partial charge in [0.15, 0.2) is 0 Å². The number of benzene rings is 2. The van der Waals surface area contributed by atoms with E-state index in [0.29, 0.717) is 27.1 Å². The van der Waals surface area contributed by atoms with Crippen LogP contribution < -0.4 is 5.32 Å². The Morgan fingerprint density at radius 2 is 1.84 bits per heavy atom. The quantitative estimate of drug-likeness (QED) is 0.576. The molecule has 0 aliphatic carbocycles. The number of halogens is 2. The average Bonchev–Trinajstić information content (AvgIpc) is 2.99. The van der Waals surface area contributed by atoms with Crippen LogP contribution in [0, 0.1) is 6.92 Å². The number of nitrogens with one attached hydrogen (secondary N) is 1. The second kappa shape index (κ2) is 7.34. The Morgan fingerprint density at radius 3 is 2.56 bits per heavy atom. The lowest BCUT2D eigenvalue weighted by Gasteiger charge is -2.08. The van der Waals surface area contributed by atoms with Crippen LogP contribution in [0.15, 0.2) is 52.9 Å². The van der Waals surface area contributed by atoms with Crippen LogP contribution in [-0.4, -0.2) is 5.91 Å². The van der Waals surface area contributed by atoms with E-state index in [0.717, 1.165) is 23.2 Å². The molecule has 128 valence electrons. The van der Waals surface area contributed by atoms with E-state index < -0.39 is 0 Å². The fraction of sp³-hybridized carbons (Fsp3) is 0.150. The molecule has 0 bridgehead atoms. The lowest BCUT2D eigenvalue weighted by Crippen LogP contribution is -2.13.